The fourth-order valence-corrected chi connectivity index (χ4v) is 1.77. The van der Waals surface area contributed by atoms with Crippen molar-refractivity contribution in [3.05, 3.63) is 34.5 Å². The number of benzene rings is 1. The van der Waals surface area contributed by atoms with Crippen LogP contribution in [0.5, 0.6) is 0 Å². The fourth-order valence-electron chi connectivity index (χ4n) is 1.77. The lowest BCUT2D eigenvalue weighted by Gasteiger charge is -1.93. The van der Waals surface area contributed by atoms with Crippen LogP contribution in [-0.2, 0) is 7.05 Å². The molecule has 0 unspecified atom stereocenters. The Morgan fingerprint density at radius 3 is 2.94 bits per heavy atom. The summed E-state index contributed by atoms with van der Waals surface area (Å²) in [6, 6.07) is 4.53. The molecule has 3 rings (SSSR count). The Labute approximate surface area is 100 Å². The van der Waals surface area contributed by atoms with E-state index in [2.05, 4.69) is 20.5 Å². The summed E-state index contributed by atoms with van der Waals surface area (Å²) in [5, 5.41) is 26.1. The van der Waals surface area contributed by atoms with E-state index in [1.54, 1.807) is 24.0 Å². The Morgan fingerprint density at radius 1 is 1.44 bits per heavy atom. The fraction of sp³-hybridized carbons (Fsp3) is 0.100. The van der Waals surface area contributed by atoms with Gasteiger partial charge in [0.25, 0.3) is 5.69 Å². The number of aryl methyl sites for hydroxylation is 1. The predicted octanol–water partition coefficient (Wildman–Crippen LogP) is 1.27. The van der Waals surface area contributed by atoms with E-state index in [4.69, 9.17) is 0 Å². The molecule has 2 aromatic heterocycles. The summed E-state index contributed by atoms with van der Waals surface area (Å²) in [6.07, 6.45) is 1.70. The number of H-pyrrole nitrogens is 1. The molecule has 0 fully saturated rings. The van der Waals surface area contributed by atoms with Gasteiger partial charge in [-0.15, -0.1) is 5.10 Å². The van der Waals surface area contributed by atoms with Gasteiger partial charge >= 0.3 is 0 Å². The second-order valence-corrected chi connectivity index (χ2v) is 3.84. The zero-order valence-corrected chi connectivity index (χ0v) is 9.36. The lowest BCUT2D eigenvalue weighted by Crippen LogP contribution is -1.87. The van der Waals surface area contributed by atoms with Crippen LogP contribution in [0.2, 0.25) is 0 Å². The highest BCUT2D eigenvalue weighted by Crippen LogP contribution is 2.27. The second kappa shape index (κ2) is 3.62. The maximum absolute atomic E-state index is 10.8. The van der Waals surface area contributed by atoms with Gasteiger partial charge < -0.3 is 0 Å². The van der Waals surface area contributed by atoms with E-state index in [0.717, 1.165) is 5.52 Å². The van der Waals surface area contributed by atoms with Crippen molar-refractivity contribution in [2.45, 2.75) is 0 Å². The minimum absolute atomic E-state index is 0.0223. The van der Waals surface area contributed by atoms with Gasteiger partial charge in [-0.25, -0.2) is 0 Å². The minimum atomic E-state index is -0.438. The van der Waals surface area contributed by atoms with Crippen LogP contribution in [0.15, 0.2) is 24.4 Å². The van der Waals surface area contributed by atoms with Gasteiger partial charge in [0, 0.05) is 24.6 Å². The average Bonchev–Trinajstić information content (AvgIpc) is 2.93. The molecule has 0 amide bonds. The van der Waals surface area contributed by atoms with Crippen LogP contribution >= 0.6 is 0 Å². The summed E-state index contributed by atoms with van der Waals surface area (Å²) >= 11 is 0. The topological polar surface area (TPSA) is 103 Å². The van der Waals surface area contributed by atoms with Crippen LogP contribution in [0.25, 0.3) is 22.3 Å². The molecule has 8 nitrogen and oxygen atoms in total. The third-order valence-corrected chi connectivity index (χ3v) is 2.60. The highest BCUT2D eigenvalue weighted by atomic mass is 16.6. The van der Waals surface area contributed by atoms with Crippen LogP contribution in [-0.4, -0.2) is 30.1 Å². The molecule has 0 aliphatic carbocycles. The first-order chi connectivity index (χ1) is 8.65. The van der Waals surface area contributed by atoms with E-state index < -0.39 is 4.92 Å². The molecule has 0 spiro atoms. The number of hydrogen-bond donors (Lipinski definition) is 1. The van der Waals surface area contributed by atoms with Crippen LogP contribution in [0.1, 0.15) is 0 Å². The highest BCUT2D eigenvalue weighted by molar-refractivity contribution is 5.93. The number of rotatable bonds is 2. The lowest BCUT2D eigenvalue weighted by atomic mass is 10.1. The Balaban J connectivity index is 2.23. The predicted molar refractivity (Wildman–Crippen MR) is 62.7 cm³/mol. The summed E-state index contributed by atoms with van der Waals surface area (Å²) in [5.74, 6) is 0. The molecular weight excluding hydrogens is 236 g/mol. The molecule has 0 aliphatic heterocycles. The first-order valence-corrected chi connectivity index (χ1v) is 5.14. The summed E-state index contributed by atoms with van der Waals surface area (Å²) in [5.41, 5.74) is 1.88. The number of nitrogens with zero attached hydrogens (tertiary/aromatic N) is 5. The highest BCUT2D eigenvalue weighted by Gasteiger charge is 2.14. The number of nitrogens with one attached hydrogen (secondary N) is 1. The Bertz CT molecular complexity index is 744. The third kappa shape index (κ3) is 1.51. The molecule has 1 aromatic carbocycles. The van der Waals surface area contributed by atoms with E-state index in [1.807, 2.05) is 0 Å². The third-order valence-electron chi connectivity index (χ3n) is 2.60. The molecular formula is C10H8N6O2. The normalized spacial score (nSPS) is 10.9. The number of nitro benzene ring substituents is 1. The molecule has 0 atom stereocenters. The molecule has 1 N–H and O–H groups in total. The molecule has 0 bridgehead atoms. The van der Waals surface area contributed by atoms with Crippen molar-refractivity contribution in [1.29, 1.82) is 0 Å². The van der Waals surface area contributed by atoms with Crippen molar-refractivity contribution >= 4 is 16.6 Å². The Kier molecular flexibility index (Phi) is 2.09. The smallest absolute Gasteiger partial charge is 0.270 e. The van der Waals surface area contributed by atoms with Gasteiger partial charge in [0.2, 0.25) is 0 Å². The molecule has 0 aliphatic rings. The Morgan fingerprint density at radius 2 is 2.28 bits per heavy atom. The maximum Gasteiger partial charge on any atom is 0.270 e. The van der Waals surface area contributed by atoms with E-state index in [0.29, 0.717) is 16.8 Å². The first kappa shape index (κ1) is 10.4. The maximum atomic E-state index is 10.8. The molecule has 3 aromatic rings. The SMILES string of the molecule is Cn1cc(-c2n[nH]c3ccc([N+](=O)[O-])cc23)nn1. The van der Waals surface area contributed by atoms with Crippen molar-refractivity contribution < 1.29 is 4.92 Å². The van der Waals surface area contributed by atoms with Gasteiger partial charge in [0.15, 0.2) is 0 Å². The first-order valence-electron chi connectivity index (χ1n) is 5.14. The van der Waals surface area contributed by atoms with Crippen LogP contribution in [0.4, 0.5) is 5.69 Å². The van der Waals surface area contributed by atoms with E-state index in [1.165, 1.54) is 12.1 Å². The molecule has 18 heavy (non-hydrogen) atoms. The van der Waals surface area contributed by atoms with E-state index >= 15 is 0 Å². The summed E-state index contributed by atoms with van der Waals surface area (Å²) < 4.78 is 1.55. The zero-order chi connectivity index (χ0) is 12.7. The van der Waals surface area contributed by atoms with Crippen molar-refractivity contribution in [1.82, 2.24) is 25.2 Å². The van der Waals surface area contributed by atoms with Crippen LogP contribution in [0, 0.1) is 10.1 Å². The summed E-state index contributed by atoms with van der Waals surface area (Å²) in [6.45, 7) is 0. The Hall–Kier alpha value is -2.77. The quantitative estimate of drug-likeness (QED) is 0.540. The second-order valence-electron chi connectivity index (χ2n) is 3.84. The molecule has 90 valence electrons. The largest absolute Gasteiger partial charge is 0.277 e. The number of nitro groups is 1. The van der Waals surface area contributed by atoms with E-state index in [-0.39, 0.29) is 5.69 Å². The van der Waals surface area contributed by atoms with E-state index in [9.17, 15) is 10.1 Å². The average molecular weight is 244 g/mol. The molecule has 0 radical (unpaired) electrons. The van der Waals surface area contributed by atoms with Crippen molar-refractivity contribution in [2.75, 3.05) is 0 Å². The molecule has 0 saturated heterocycles. The van der Waals surface area contributed by atoms with Crippen molar-refractivity contribution in [3.8, 4) is 11.4 Å². The molecule has 8 heteroatoms. The summed E-state index contributed by atoms with van der Waals surface area (Å²) in [4.78, 5) is 10.3. The van der Waals surface area contributed by atoms with Gasteiger partial charge in [0.1, 0.15) is 11.4 Å². The lowest BCUT2D eigenvalue weighted by molar-refractivity contribution is -0.384. The van der Waals surface area contributed by atoms with Gasteiger partial charge in [-0.1, -0.05) is 5.21 Å². The minimum Gasteiger partial charge on any atom is -0.277 e. The standard InChI is InChI=1S/C10H8N6O2/c1-15-5-9(12-14-15)10-7-4-6(16(17)18)2-3-8(7)11-13-10/h2-5H,1H3,(H,11,13). The van der Waals surface area contributed by atoms with Crippen molar-refractivity contribution in [3.63, 3.8) is 0 Å². The zero-order valence-electron chi connectivity index (χ0n) is 9.36. The van der Waals surface area contributed by atoms with Gasteiger partial charge in [0.05, 0.1) is 16.6 Å². The van der Waals surface area contributed by atoms with Crippen molar-refractivity contribution in [2.24, 2.45) is 7.05 Å². The number of aromatic nitrogens is 5. The van der Waals surface area contributed by atoms with Crippen LogP contribution < -0.4 is 0 Å². The van der Waals surface area contributed by atoms with Gasteiger partial charge in [-0.2, -0.15) is 5.10 Å². The van der Waals surface area contributed by atoms with Crippen LogP contribution in [0.3, 0.4) is 0 Å². The van der Waals surface area contributed by atoms with Gasteiger partial charge in [-0.05, 0) is 6.07 Å². The monoisotopic (exact) mass is 244 g/mol. The van der Waals surface area contributed by atoms with Gasteiger partial charge in [-0.3, -0.25) is 19.9 Å². The number of fused-ring (bicyclic) bond motifs is 1. The molecule has 2 heterocycles. The number of non-ortho nitro benzene ring substituents is 1. The number of aromatic amines is 1. The molecule has 0 saturated carbocycles. The number of hydrogen-bond acceptors (Lipinski definition) is 5. The summed E-state index contributed by atoms with van der Waals surface area (Å²) in [7, 11) is 1.74.